The van der Waals surface area contributed by atoms with Crippen LogP contribution in [0.15, 0.2) is 48.5 Å². The Hall–Kier alpha value is -3.15. The summed E-state index contributed by atoms with van der Waals surface area (Å²) in [6.45, 7) is 7.40. The van der Waals surface area contributed by atoms with E-state index in [1.165, 1.54) is 19.4 Å². The van der Waals surface area contributed by atoms with Gasteiger partial charge in [-0.25, -0.2) is 0 Å². The summed E-state index contributed by atoms with van der Waals surface area (Å²) in [4.78, 5) is 36.9. The van der Waals surface area contributed by atoms with Crippen molar-refractivity contribution >= 4 is 34.8 Å². The second-order valence-electron chi connectivity index (χ2n) is 6.97. The number of amides is 3. The molecule has 0 radical (unpaired) electrons. The third-order valence-corrected chi connectivity index (χ3v) is 4.30. The van der Waals surface area contributed by atoms with Gasteiger partial charge in [-0.1, -0.05) is 26.0 Å². The molecule has 2 aromatic rings. The third kappa shape index (κ3) is 6.23. The lowest BCUT2D eigenvalue weighted by atomic mass is 10.0. The van der Waals surface area contributed by atoms with Crippen LogP contribution in [0, 0.1) is 0 Å². The zero-order chi connectivity index (χ0) is 20.7. The maximum atomic E-state index is 12.3. The second kappa shape index (κ2) is 9.69. The molecular weight excluding hydrogens is 354 g/mol. The number of carbonyl (C=O) groups is 3. The summed E-state index contributed by atoms with van der Waals surface area (Å²) in [5, 5.41) is 5.54. The predicted molar refractivity (Wildman–Crippen MR) is 113 cm³/mol. The number of rotatable bonds is 7. The normalized spacial score (nSPS) is 10.5. The topological polar surface area (TPSA) is 78.5 Å². The molecule has 3 amide bonds. The zero-order valence-electron chi connectivity index (χ0n) is 16.8. The van der Waals surface area contributed by atoms with Gasteiger partial charge in [0.05, 0.1) is 0 Å². The van der Waals surface area contributed by atoms with Crippen molar-refractivity contribution in [1.29, 1.82) is 0 Å². The molecule has 6 nitrogen and oxygen atoms in total. The lowest BCUT2D eigenvalue weighted by molar-refractivity contribution is -0.117. The molecule has 0 unspecified atom stereocenters. The van der Waals surface area contributed by atoms with Gasteiger partial charge in [-0.15, -0.1) is 0 Å². The summed E-state index contributed by atoms with van der Waals surface area (Å²) in [5.74, 6) is -0.0278. The van der Waals surface area contributed by atoms with Gasteiger partial charge in [0.1, 0.15) is 0 Å². The Labute approximate surface area is 165 Å². The van der Waals surface area contributed by atoms with E-state index in [-0.39, 0.29) is 30.7 Å². The lowest BCUT2D eigenvalue weighted by Crippen LogP contribution is -2.31. The van der Waals surface area contributed by atoms with E-state index in [1.807, 2.05) is 24.3 Å². The molecule has 0 bridgehead atoms. The number of anilines is 3. The summed E-state index contributed by atoms with van der Waals surface area (Å²) < 4.78 is 0. The van der Waals surface area contributed by atoms with Crippen LogP contribution in [0.4, 0.5) is 17.1 Å². The van der Waals surface area contributed by atoms with E-state index in [4.69, 9.17) is 0 Å². The molecule has 6 heteroatoms. The van der Waals surface area contributed by atoms with Gasteiger partial charge in [-0.05, 0) is 47.9 Å². The standard InChI is InChI=1S/C22H27N3O3/c1-15(2)18-5-7-20(8-6-18)24-22(28)13-14-25(17(4)27)21-11-9-19(10-12-21)23-16(3)26/h5-12,15H,13-14H2,1-4H3,(H,23,26)(H,24,28). The molecule has 0 saturated carbocycles. The van der Waals surface area contributed by atoms with E-state index >= 15 is 0 Å². The highest BCUT2D eigenvalue weighted by Crippen LogP contribution is 2.20. The van der Waals surface area contributed by atoms with Crippen molar-refractivity contribution in [3.63, 3.8) is 0 Å². The van der Waals surface area contributed by atoms with Gasteiger partial charge in [0.2, 0.25) is 17.7 Å². The second-order valence-corrected chi connectivity index (χ2v) is 6.97. The first kappa shape index (κ1) is 21.2. The fraction of sp³-hybridized carbons (Fsp3) is 0.318. The van der Waals surface area contributed by atoms with Crippen LogP contribution >= 0.6 is 0 Å². The van der Waals surface area contributed by atoms with E-state index in [2.05, 4.69) is 24.5 Å². The summed E-state index contributed by atoms with van der Waals surface area (Å²) in [6.07, 6.45) is 0.180. The number of nitrogens with zero attached hydrogens (tertiary/aromatic N) is 1. The van der Waals surface area contributed by atoms with Crippen LogP contribution in [0.1, 0.15) is 45.6 Å². The average Bonchev–Trinajstić information content (AvgIpc) is 2.63. The third-order valence-electron chi connectivity index (χ3n) is 4.30. The molecule has 2 rings (SSSR count). The molecule has 0 heterocycles. The average molecular weight is 381 g/mol. The Morgan fingerprint density at radius 2 is 1.39 bits per heavy atom. The quantitative estimate of drug-likeness (QED) is 0.756. The molecule has 0 aliphatic rings. The molecule has 0 atom stereocenters. The summed E-state index contributed by atoms with van der Waals surface area (Å²) in [7, 11) is 0. The van der Waals surface area contributed by atoms with Gasteiger partial charge in [-0.2, -0.15) is 0 Å². The smallest absolute Gasteiger partial charge is 0.226 e. The van der Waals surface area contributed by atoms with Gasteiger partial charge in [0.25, 0.3) is 0 Å². The molecule has 0 aliphatic carbocycles. The largest absolute Gasteiger partial charge is 0.326 e. The Morgan fingerprint density at radius 1 is 0.857 bits per heavy atom. The van der Waals surface area contributed by atoms with Crippen molar-refractivity contribution in [2.24, 2.45) is 0 Å². The van der Waals surface area contributed by atoms with Crippen LogP contribution in [-0.4, -0.2) is 24.3 Å². The van der Waals surface area contributed by atoms with Crippen molar-refractivity contribution < 1.29 is 14.4 Å². The Kier molecular flexibility index (Phi) is 7.32. The first-order valence-electron chi connectivity index (χ1n) is 9.32. The lowest BCUT2D eigenvalue weighted by Gasteiger charge is -2.21. The fourth-order valence-corrected chi connectivity index (χ4v) is 2.78. The molecule has 148 valence electrons. The van der Waals surface area contributed by atoms with E-state index in [9.17, 15) is 14.4 Å². The first-order valence-corrected chi connectivity index (χ1v) is 9.32. The van der Waals surface area contributed by atoms with Gasteiger partial charge in [0, 0.05) is 43.9 Å². The maximum absolute atomic E-state index is 12.3. The number of hydrogen-bond acceptors (Lipinski definition) is 3. The van der Waals surface area contributed by atoms with E-state index in [0.29, 0.717) is 17.3 Å². The summed E-state index contributed by atoms with van der Waals surface area (Å²) in [5.41, 5.74) is 3.28. The Balaban J connectivity index is 1.96. The Morgan fingerprint density at radius 3 is 1.89 bits per heavy atom. The van der Waals surface area contributed by atoms with Crippen LogP contribution in [-0.2, 0) is 14.4 Å². The SMILES string of the molecule is CC(=O)Nc1ccc(N(CCC(=O)Nc2ccc(C(C)C)cc2)C(C)=O)cc1. The predicted octanol–water partition coefficient (Wildman–Crippen LogP) is 4.15. The summed E-state index contributed by atoms with van der Waals surface area (Å²) in [6, 6.07) is 14.7. The number of hydrogen-bond donors (Lipinski definition) is 2. The molecule has 0 saturated heterocycles. The van der Waals surface area contributed by atoms with Crippen LogP contribution in [0.2, 0.25) is 0 Å². The van der Waals surface area contributed by atoms with Crippen LogP contribution in [0.5, 0.6) is 0 Å². The molecule has 0 aliphatic heterocycles. The highest BCUT2D eigenvalue weighted by Gasteiger charge is 2.14. The minimum Gasteiger partial charge on any atom is -0.326 e. The monoisotopic (exact) mass is 381 g/mol. The van der Waals surface area contributed by atoms with Crippen molar-refractivity contribution in [3.05, 3.63) is 54.1 Å². The number of benzene rings is 2. The minimum absolute atomic E-state index is 0.152. The van der Waals surface area contributed by atoms with E-state index in [0.717, 1.165) is 5.69 Å². The van der Waals surface area contributed by atoms with Crippen molar-refractivity contribution in [2.75, 3.05) is 22.1 Å². The Bertz CT molecular complexity index is 827. The zero-order valence-corrected chi connectivity index (χ0v) is 16.8. The fourth-order valence-electron chi connectivity index (χ4n) is 2.78. The van der Waals surface area contributed by atoms with Gasteiger partial charge in [0.15, 0.2) is 0 Å². The van der Waals surface area contributed by atoms with Gasteiger partial charge in [-0.3, -0.25) is 14.4 Å². The molecule has 0 spiro atoms. The van der Waals surface area contributed by atoms with Crippen LogP contribution in [0.3, 0.4) is 0 Å². The van der Waals surface area contributed by atoms with Gasteiger partial charge < -0.3 is 15.5 Å². The molecule has 28 heavy (non-hydrogen) atoms. The molecular formula is C22H27N3O3. The first-order chi connectivity index (χ1) is 13.3. The molecule has 0 aromatic heterocycles. The van der Waals surface area contributed by atoms with E-state index in [1.54, 1.807) is 29.2 Å². The highest BCUT2D eigenvalue weighted by molar-refractivity contribution is 5.95. The maximum Gasteiger partial charge on any atom is 0.226 e. The molecule has 2 N–H and O–H groups in total. The van der Waals surface area contributed by atoms with Gasteiger partial charge >= 0.3 is 0 Å². The summed E-state index contributed by atoms with van der Waals surface area (Å²) >= 11 is 0. The molecule has 2 aromatic carbocycles. The van der Waals surface area contributed by atoms with E-state index < -0.39 is 0 Å². The van der Waals surface area contributed by atoms with Crippen molar-refractivity contribution in [3.8, 4) is 0 Å². The number of carbonyl (C=O) groups excluding carboxylic acids is 3. The van der Waals surface area contributed by atoms with Crippen molar-refractivity contribution in [1.82, 2.24) is 0 Å². The highest BCUT2D eigenvalue weighted by atomic mass is 16.2. The van der Waals surface area contributed by atoms with Crippen LogP contribution < -0.4 is 15.5 Å². The number of nitrogens with one attached hydrogen (secondary N) is 2. The van der Waals surface area contributed by atoms with Crippen LogP contribution in [0.25, 0.3) is 0 Å². The van der Waals surface area contributed by atoms with Crippen molar-refractivity contribution in [2.45, 2.75) is 40.0 Å². The minimum atomic E-state index is -0.158. The molecule has 0 fully saturated rings.